The molecular weight excluding hydrogens is 479 g/mol. The number of carbonyl (C=O) groups is 2. The molecule has 0 fully saturated rings. The van der Waals surface area contributed by atoms with Gasteiger partial charge in [0.2, 0.25) is 0 Å². The lowest BCUT2D eigenvalue weighted by Gasteiger charge is -2.21. The lowest BCUT2D eigenvalue weighted by molar-refractivity contribution is 0.253. The zero-order valence-corrected chi connectivity index (χ0v) is 17.4. The lowest BCUT2D eigenvalue weighted by atomic mass is 9.93. The Bertz CT molecular complexity index is 921. The van der Waals surface area contributed by atoms with E-state index in [0.29, 0.717) is 25.6 Å². The van der Waals surface area contributed by atoms with E-state index in [4.69, 9.17) is 23.2 Å². The molecule has 28 heavy (non-hydrogen) atoms. The van der Waals surface area contributed by atoms with Crippen LogP contribution in [0.4, 0.5) is 21.4 Å². The average Bonchev–Trinajstić information content (AvgIpc) is 2.63. The smallest absolute Gasteiger partial charge is 0.336 e. The van der Waals surface area contributed by atoms with Crippen LogP contribution in [0.3, 0.4) is 0 Å². The van der Waals surface area contributed by atoms with E-state index < -0.39 is 12.1 Å². The van der Waals surface area contributed by atoms with E-state index in [1.165, 1.54) is 6.20 Å². The van der Waals surface area contributed by atoms with E-state index in [-0.39, 0.29) is 23.4 Å². The highest BCUT2D eigenvalue weighted by atomic mass is 127. The first-order chi connectivity index (χ1) is 13.0. The molecule has 1 heterocycles. The summed E-state index contributed by atoms with van der Waals surface area (Å²) in [6.07, 6.45) is 1.68. The largest absolute Gasteiger partial charge is 0.507 e. The Balaban J connectivity index is 2.58. The minimum Gasteiger partial charge on any atom is -0.507 e. The minimum atomic E-state index is -0.989. The van der Waals surface area contributed by atoms with Gasteiger partial charge < -0.3 is 16.6 Å². The van der Waals surface area contributed by atoms with E-state index in [0.717, 1.165) is 11.1 Å². The predicted octanol–water partition coefficient (Wildman–Crippen LogP) is 1.02. The average molecular weight is 500 g/mol. The first-order valence-corrected chi connectivity index (χ1v) is 9.16. The van der Waals surface area contributed by atoms with Crippen LogP contribution in [0.1, 0.15) is 36.5 Å². The summed E-state index contributed by atoms with van der Waals surface area (Å²) in [4.78, 5) is 30.9. The number of rotatable bonds is 5. The molecule has 11 nitrogen and oxygen atoms in total. The van der Waals surface area contributed by atoms with Gasteiger partial charge >= 0.3 is 12.1 Å². The summed E-state index contributed by atoms with van der Waals surface area (Å²) in [5.41, 5.74) is 12.6. The predicted molar refractivity (Wildman–Crippen MR) is 112 cm³/mol. The van der Waals surface area contributed by atoms with Crippen LogP contribution >= 0.6 is 22.6 Å². The number of hydrazine groups is 2. The van der Waals surface area contributed by atoms with Crippen molar-refractivity contribution >= 4 is 46.4 Å². The number of nitrogens with zero attached hydrogens (tertiary/aromatic N) is 4. The minimum absolute atomic E-state index is 0.0213. The molecule has 1 aromatic heterocycles. The second kappa shape index (κ2) is 8.53. The van der Waals surface area contributed by atoms with E-state index in [1.54, 1.807) is 6.07 Å². The van der Waals surface area contributed by atoms with Crippen molar-refractivity contribution in [1.29, 1.82) is 0 Å². The van der Waals surface area contributed by atoms with E-state index in [1.807, 2.05) is 42.5 Å². The van der Waals surface area contributed by atoms with Crippen LogP contribution in [0.2, 0.25) is 0 Å². The molecule has 0 unspecified atom stereocenters. The Labute approximate surface area is 174 Å². The Kier molecular flexibility index (Phi) is 6.58. The number of hydrogen-bond donors (Lipinski definition) is 5. The van der Waals surface area contributed by atoms with Gasteiger partial charge in [-0.25, -0.2) is 31.3 Å². The molecule has 9 N–H and O–H groups in total. The number of phenolic OH excluding ortho intramolecular Hbond substituents is 1. The topological polar surface area (TPSA) is 191 Å². The molecule has 2 aromatic rings. The summed E-state index contributed by atoms with van der Waals surface area (Å²) in [5, 5.41) is 11.2. The molecule has 0 aliphatic rings. The van der Waals surface area contributed by atoms with Crippen molar-refractivity contribution in [1.82, 2.24) is 9.97 Å². The van der Waals surface area contributed by atoms with Gasteiger partial charge in [-0.1, -0.05) is 13.8 Å². The summed E-state index contributed by atoms with van der Waals surface area (Å²) in [6, 6.07) is 1.57. The van der Waals surface area contributed by atoms with Crippen molar-refractivity contribution in [3.8, 4) is 5.75 Å². The van der Waals surface area contributed by atoms with E-state index in [9.17, 15) is 14.7 Å². The fraction of sp³-hybridized carbons (Fsp3) is 0.250. The molecular formula is C16H21IN8O3. The van der Waals surface area contributed by atoms with Crippen molar-refractivity contribution in [2.75, 3.05) is 10.0 Å². The number of primary amides is 2. The number of aromatic hydroxyl groups is 1. The Morgan fingerprint density at radius 1 is 1.14 bits per heavy atom. The Morgan fingerprint density at radius 3 is 2.29 bits per heavy atom. The van der Waals surface area contributed by atoms with Crippen molar-refractivity contribution in [2.45, 2.75) is 26.2 Å². The molecule has 0 saturated heterocycles. The number of nitrogens with two attached hydrogens (primary N) is 4. The van der Waals surface area contributed by atoms with Crippen molar-refractivity contribution < 1.29 is 14.7 Å². The number of amides is 4. The Morgan fingerprint density at radius 2 is 1.75 bits per heavy atom. The number of carbonyl (C=O) groups excluding carboxylic acids is 2. The van der Waals surface area contributed by atoms with Gasteiger partial charge in [0, 0.05) is 18.2 Å². The third kappa shape index (κ3) is 4.58. The molecule has 2 rings (SSSR count). The quantitative estimate of drug-likeness (QED) is 0.175. The maximum absolute atomic E-state index is 11.6. The molecule has 0 bridgehead atoms. The zero-order valence-electron chi connectivity index (χ0n) is 15.3. The van der Waals surface area contributed by atoms with Crippen LogP contribution in [0.5, 0.6) is 5.75 Å². The summed E-state index contributed by atoms with van der Waals surface area (Å²) in [7, 11) is 0. The maximum Gasteiger partial charge on any atom is 0.336 e. The van der Waals surface area contributed by atoms with Crippen molar-refractivity contribution in [3.63, 3.8) is 0 Å². The second-order valence-corrected chi connectivity index (χ2v) is 7.43. The molecule has 0 atom stereocenters. The highest BCUT2D eigenvalue weighted by Gasteiger charge is 2.21. The van der Waals surface area contributed by atoms with Crippen LogP contribution in [0.15, 0.2) is 18.3 Å². The Hall–Kier alpha value is -2.71. The lowest BCUT2D eigenvalue weighted by Crippen LogP contribution is -2.45. The number of phenols is 1. The molecule has 0 spiro atoms. The monoisotopic (exact) mass is 500 g/mol. The highest BCUT2D eigenvalue weighted by Crippen LogP contribution is 2.31. The highest BCUT2D eigenvalue weighted by molar-refractivity contribution is 14.1. The standard InChI is InChI=1S/C16H21IN8O3/c1-7(2)10-5-12(26)11(17)4-8(10)3-9-6-22-16(25(21)15(19)28)23-13(9)24(20)14(18)27/h4-7,26H,3,20-21H2,1-2H3,(H2,18,27)(H2,19,28). The molecule has 4 amide bonds. The van der Waals surface area contributed by atoms with Gasteiger partial charge in [-0.2, -0.15) is 9.99 Å². The normalized spacial score (nSPS) is 10.8. The summed E-state index contributed by atoms with van der Waals surface area (Å²) in [6.45, 7) is 3.98. The van der Waals surface area contributed by atoms with Crippen LogP contribution < -0.4 is 33.2 Å². The fourth-order valence-corrected chi connectivity index (χ4v) is 3.09. The number of aromatic nitrogens is 2. The molecule has 0 aliphatic carbocycles. The number of hydrogen-bond acceptors (Lipinski definition) is 7. The number of benzene rings is 1. The summed E-state index contributed by atoms with van der Waals surface area (Å²) < 4.78 is 0.664. The van der Waals surface area contributed by atoms with E-state index >= 15 is 0 Å². The number of urea groups is 2. The molecule has 0 saturated carbocycles. The van der Waals surface area contributed by atoms with Crippen molar-refractivity contribution in [3.05, 3.63) is 38.6 Å². The first kappa shape index (κ1) is 21.6. The van der Waals surface area contributed by atoms with Crippen LogP contribution in [-0.2, 0) is 6.42 Å². The molecule has 150 valence electrons. The van der Waals surface area contributed by atoms with Crippen LogP contribution in [0, 0.1) is 3.57 Å². The van der Waals surface area contributed by atoms with Gasteiger partial charge in [0.25, 0.3) is 5.95 Å². The van der Waals surface area contributed by atoms with E-state index in [2.05, 4.69) is 9.97 Å². The molecule has 1 aromatic carbocycles. The summed E-state index contributed by atoms with van der Waals surface area (Å²) in [5.74, 6) is 11.3. The van der Waals surface area contributed by atoms with Gasteiger partial charge in [0.05, 0.1) is 3.57 Å². The van der Waals surface area contributed by atoms with Crippen LogP contribution in [-0.4, -0.2) is 27.1 Å². The molecule has 12 heteroatoms. The zero-order chi connectivity index (χ0) is 21.2. The number of halogens is 1. The van der Waals surface area contributed by atoms with Gasteiger partial charge in [-0.05, 0) is 51.8 Å². The number of anilines is 2. The van der Waals surface area contributed by atoms with Crippen molar-refractivity contribution in [2.24, 2.45) is 23.2 Å². The SMILES string of the molecule is CC(C)c1cc(O)c(I)cc1Cc1cnc(N(N)C(N)=O)nc1N(N)C(N)=O. The van der Waals surface area contributed by atoms with Gasteiger partial charge in [0.15, 0.2) is 5.82 Å². The van der Waals surface area contributed by atoms with Gasteiger partial charge in [-0.15, -0.1) is 0 Å². The third-order valence-corrected chi connectivity index (χ3v) is 4.82. The maximum atomic E-state index is 11.6. The van der Waals surface area contributed by atoms with Gasteiger partial charge in [0.1, 0.15) is 5.75 Å². The fourth-order valence-electron chi connectivity index (χ4n) is 2.56. The molecule has 0 aliphatic heterocycles. The van der Waals surface area contributed by atoms with Gasteiger partial charge in [-0.3, -0.25) is 0 Å². The third-order valence-electron chi connectivity index (χ3n) is 3.96. The first-order valence-electron chi connectivity index (χ1n) is 8.08. The van der Waals surface area contributed by atoms with Crippen LogP contribution in [0.25, 0.3) is 0 Å². The summed E-state index contributed by atoms with van der Waals surface area (Å²) >= 11 is 2.02. The molecule has 0 radical (unpaired) electrons. The second-order valence-electron chi connectivity index (χ2n) is 6.27.